The summed E-state index contributed by atoms with van der Waals surface area (Å²) in [7, 11) is 0. The van der Waals surface area contributed by atoms with Crippen LogP contribution in [0.3, 0.4) is 0 Å². The minimum absolute atomic E-state index is 0.256. The van der Waals surface area contributed by atoms with Crippen LogP contribution in [-0.4, -0.2) is 29.3 Å². The number of nitrogens with one attached hydrogen (secondary N) is 2. The smallest absolute Gasteiger partial charge is 0.325 e. The van der Waals surface area contributed by atoms with E-state index >= 15 is 0 Å². The molecule has 7 nitrogen and oxygen atoms in total. The topological polar surface area (TPSA) is 102 Å². The standard InChI is InChI=1S/C21H20N4O3/c1-14(16-8-4-3-5-9-16)23-18(26)13-25-19(27)21(2,24-20(25)28)17-10-6-7-15(11-17)12-22/h3-11,14H,13H2,1-2H3,(H,23,26)(H,24,28). The molecule has 0 bridgehead atoms. The predicted molar refractivity (Wildman–Crippen MR) is 102 cm³/mol. The maximum atomic E-state index is 12.9. The Morgan fingerprint density at radius 3 is 2.61 bits per heavy atom. The molecule has 1 saturated heterocycles. The van der Waals surface area contributed by atoms with Crippen molar-refractivity contribution in [2.24, 2.45) is 0 Å². The molecule has 1 aliphatic rings. The number of nitrogens with zero attached hydrogens (tertiary/aromatic N) is 2. The molecule has 4 amide bonds. The van der Waals surface area contributed by atoms with Crippen molar-refractivity contribution in [1.82, 2.24) is 15.5 Å². The Morgan fingerprint density at radius 2 is 1.93 bits per heavy atom. The van der Waals surface area contributed by atoms with Crippen LogP contribution in [0.4, 0.5) is 4.79 Å². The molecule has 1 aliphatic heterocycles. The van der Waals surface area contributed by atoms with Crippen LogP contribution in [0, 0.1) is 11.3 Å². The molecular formula is C21H20N4O3. The van der Waals surface area contributed by atoms with Crippen LogP contribution in [0.2, 0.25) is 0 Å². The molecule has 28 heavy (non-hydrogen) atoms. The highest BCUT2D eigenvalue weighted by molar-refractivity contribution is 6.09. The Labute approximate surface area is 163 Å². The molecule has 2 N–H and O–H groups in total. The molecule has 0 radical (unpaired) electrons. The average molecular weight is 376 g/mol. The van der Waals surface area contributed by atoms with Gasteiger partial charge in [-0.15, -0.1) is 0 Å². The van der Waals surface area contributed by atoms with E-state index in [9.17, 15) is 14.4 Å². The number of nitriles is 1. The van der Waals surface area contributed by atoms with Gasteiger partial charge in [-0.25, -0.2) is 4.79 Å². The first-order valence-corrected chi connectivity index (χ1v) is 8.84. The van der Waals surface area contributed by atoms with E-state index in [4.69, 9.17) is 5.26 Å². The quantitative estimate of drug-likeness (QED) is 0.781. The highest BCUT2D eigenvalue weighted by Gasteiger charge is 2.49. The third kappa shape index (κ3) is 3.58. The number of amides is 4. The first kappa shape index (κ1) is 19.1. The second-order valence-corrected chi connectivity index (χ2v) is 6.84. The molecule has 0 saturated carbocycles. The number of carbonyl (C=O) groups is 3. The highest BCUT2D eigenvalue weighted by atomic mass is 16.2. The molecule has 2 aromatic rings. The SMILES string of the molecule is CC(NC(=O)CN1C(=O)NC(C)(c2cccc(C#N)c2)C1=O)c1ccccc1. The van der Waals surface area contributed by atoms with Crippen LogP contribution in [-0.2, 0) is 15.1 Å². The lowest BCUT2D eigenvalue weighted by atomic mass is 9.91. The monoisotopic (exact) mass is 376 g/mol. The van der Waals surface area contributed by atoms with E-state index in [1.165, 1.54) is 0 Å². The highest BCUT2D eigenvalue weighted by Crippen LogP contribution is 2.29. The second kappa shape index (κ2) is 7.53. The number of carbonyl (C=O) groups excluding carboxylic acids is 3. The van der Waals surface area contributed by atoms with Crippen LogP contribution < -0.4 is 10.6 Å². The third-order valence-electron chi connectivity index (χ3n) is 4.82. The molecule has 2 unspecified atom stereocenters. The van der Waals surface area contributed by atoms with Crippen molar-refractivity contribution in [2.75, 3.05) is 6.54 Å². The predicted octanol–water partition coefficient (Wildman–Crippen LogP) is 2.20. The zero-order valence-electron chi connectivity index (χ0n) is 15.6. The number of rotatable bonds is 5. The first-order chi connectivity index (χ1) is 13.3. The Hall–Kier alpha value is -3.66. The minimum Gasteiger partial charge on any atom is -0.348 e. The van der Waals surface area contributed by atoms with Crippen molar-refractivity contribution in [3.63, 3.8) is 0 Å². The lowest BCUT2D eigenvalue weighted by Crippen LogP contribution is -2.43. The van der Waals surface area contributed by atoms with Gasteiger partial charge in [0.05, 0.1) is 17.7 Å². The van der Waals surface area contributed by atoms with Crippen molar-refractivity contribution >= 4 is 17.8 Å². The molecule has 1 fully saturated rings. The molecule has 0 aromatic heterocycles. The van der Waals surface area contributed by atoms with E-state index in [2.05, 4.69) is 10.6 Å². The fraction of sp³-hybridized carbons (Fsp3) is 0.238. The molecule has 0 spiro atoms. The molecule has 142 valence electrons. The molecule has 3 rings (SSSR count). The van der Waals surface area contributed by atoms with Crippen LogP contribution in [0.1, 0.15) is 36.6 Å². The Kier molecular flexibility index (Phi) is 5.14. The summed E-state index contributed by atoms with van der Waals surface area (Å²) in [6, 6.07) is 17.0. The summed E-state index contributed by atoms with van der Waals surface area (Å²) in [6.07, 6.45) is 0. The lowest BCUT2D eigenvalue weighted by Gasteiger charge is -2.22. The van der Waals surface area contributed by atoms with Gasteiger partial charge in [0, 0.05) is 0 Å². The number of hydrogen-bond donors (Lipinski definition) is 2. The van der Waals surface area contributed by atoms with Crippen LogP contribution in [0.5, 0.6) is 0 Å². The van der Waals surface area contributed by atoms with Crippen LogP contribution >= 0.6 is 0 Å². The molecule has 7 heteroatoms. The van der Waals surface area contributed by atoms with E-state index in [0.717, 1.165) is 10.5 Å². The van der Waals surface area contributed by atoms with Crippen molar-refractivity contribution in [2.45, 2.75) is 25.4 Å². The number of imide groups is 1. The Balaban J connectivity index is 1.73. The van der Waals surface area contributed by atoms with Gasteiger partial charge in [0.1, 0.15) is 12.1 Å². The van der Waals surface area contributed by atoms with Gasteiger partial charge < -0.3 is 10.6 Å². The summed E-state index contributed by atoms with van der Waals surface area (Å²) in [5.74, 6) is -0.968. The summed E-state index contributed by atoms with van der Waals surface area (Å²) < 4.78 is 0. The molecule has 1 heterocycles. The fourth-order valence-corrected chi connectivity index (χ4v) is 3.19. The van der Waals surface area contributed by atoms with Crippen molar-refractivity contribution in [3.05, 3.63) is 71.3 Å². The number of urea groups is 1. The van der Waals surface area contributed by atoms with E-state index in [0.29, 0.717) is 11.1 Å². The Bertz CT molecular complexity index is 967. The Morgan fingerprint density at radius 1 is 1.21 bits per heavy atom. The largest absolute Gasteiger partial charge is 0.348 e. The maximum Gasteiger partial charge on any atom is 0.325 e. The second-order valence-electron chi connectivity index (χ2n) is 6.84. The lowest BCUT2D eigenvalue weighted by molar-refractivity contribution is -0.135. The summed E-state index contributed by atoms with van der Waals surface area (Å²) in [4.78, 5) is 38.6. The first-order valence-electron chi connectivity index (χ1n) is 8.84. The summed E-state index contributed by atoms with van der Waals surface area (Å²) in [5, 5.41) is 14.5. The van der Waals surface area contributed by atoms with Gasteiger partial charge in [0.15, 0.2) is 0 Å². The molecule has 0 aliphatic carbocycles. The summed E-state index contributed by atoms with van der Waals surface area (Å²) in [6.45, 7) is 3.01. The van der Waals surface area contributed by atoms with Crippen molar-refractivity contribution < 1.29 is 14.4 Å². The van der Waals surface area contributed by atoms with Gasteiger partial charge in [0.25, 0.3) is 5.91 Å². The zero-order valence-corrected chi connectivity index (χ0v) is 15.6. The zero-order chi connectivity index (χ0) is 20.3. The third-order valence-corrected chi connectivity index (χ3v) is 4.82. The van der Waals surface area contributed by atoms with Crippen LogP contribution in [0.15, 0.2) is 54.6 Å². The summed E-state index contributed by atoms with van der Waals surface area (Å²) in [5.41, 5.74) is 0.472. The van der Waals surface area contributed by atoms with Crippen LogP contribution in [0.25, 0.3) is 0 Å². The number of benzene rings is 2. The molecule has 2 aromatic carbocycles. The molecule has 2 atom stereocenters. The molecular weight excluding hydrogens is 356 g/mol. The van der Waals surface area contributed by atoms with E-state index in [1.807, 2.05) is 43.3 Å². The maximum absolute atomic E-state index is 12.9. The fourth-order valence-electron chi connectivity index (χ4n) is 3.19. The van der Waals surface area contributed by atoms with Gasteiger partial charge in [-0.05, 0) is 37.1 Å². The van der Waals surface area contributed by atoms with Gasteiger partial charge in [0.2, 0.25) is 5.91 Å². The van der Waals surface area contributed by atoms with E-state index in [1.54, 1.807) is 31.2 Å². The van der Waals surface area contributed by atoms with Gasteiger partial charge in [-0.2, -0.15) is 5.26 Å². The normalized spacial score (nSPS) is 19.7. The minimum atomic E-state index is -1.32. The summed E-state index contributed by atoms with van der Waals surface area (Å²) >= 11 is 0. The van der Waals surface area contributed by atoms with Crippen molar-refractivity contribution in [3.8, 4) is 6.07 Å². The van der Waals surface area contributed by atoms with Gasteiger partial charge >= 0.3 is 6.03 Å². The van der Waals surface area contributed by atoms with E-state index in [-0.39, 0.29) is 12.6 Å². The van der Waals surface area contributed by atoms with Gasteiger partial charge in [-0.1, -0.05) is 42.5 Å². The van der Waals surface area contributed by atoms with Gasteiger partial charge in [-0.3, -0.25) is 14.5 Å². The number of hydrogen-bond acceptors (Lipinski definition) is 4. The van der Waals surface area contributed by atoms with E-state index < -0.39 is 23.4 Å². The van der Waals surface area contributed by atoms with Crippen molar-refractivity contribution in [1.29, 1.82) is 5.26 Å². The average Bonchev–Trinajstić information content (AvgIpc) is 2.92.